The monoisotopic (exact) mass is 403 g/mol. The van der Waals surface area contributed by atoms with Crippen molar-refractivity contribution in [2.24, 2.45) is 0 Å². The third kappa shape index (κ3) is 6.63. The van der Waals surface area contributed by atoms with E-state index in [0.29, 0.717) is 11.4 Å². The van der Waals surface area contributed by atoms with Crippen molar-refractivity contribution in [3.8, 4) is 0 Å². The standard InChI is InChI=1S/C17H25F2N3O3.C2H6O/c1-10(23)12-8-20-11(2)21-14(12)13-6-7-22(9-17(13,18)19)15(24)25-16(3,4)5;1-2-3/h8,10,13,23H,6-7,9H2,1-5H3;3H,2H2,1H3. The first-order valence-electron chi connectivity index (χ1n) is 9.30. The van der Waals surface area contributed by atoms with Crippen molar-refractivity contribution in [1.29, 1.82) is 0 Å². The van der Waals surface area contributed by atoms with Gasteiger partial charge in [-0.3, -0.25) is 0 Å². The summed E-state index contributed by atoms with van der Waals surface area (Å²) in [6.45, 7) is 9.50. The number of carbonyl (C=O) groups is 1. The van der Waals surface area contributed by atoms with E-state index in [1.807, 2.05) is 0 Å². The Balaban J connectivity index is 0.00000122. The van der Waals surface area contributed by atoms with Gasteiger partial charge in [-0.2, -0.15) is 0 Å². The lowest BCUT2D eigenvalue weighted by atomic mass is 9.86. The van der Waals surface area contributed by atoms with Crippen molar-refractivity contribution in [1.82, 2.24) is 14.9 Å². The molecule has 9 heteroatoms. The lowest BCUT2D eigenvalue weighted by Crippen LogP contribution is -2.51. The average Bonchev–Trinajstić information content (AvgIpc) is 2.52. The molecule has 0 radical (unpaired) electrons. The van der Waals surface area contributed by atoms with Gasteiger partial charge in [0.1, 0.15) is 11.4 Å². The first-order valence-corrected chi connectivity index (χ1v) is 9.30. The van der Waals surface area contributed by atoms with E-state index in [1.54, 1.807) is 34.6 Å². The highest BCUT2D eigenvalue weighted by molar-refractivity contribution is 5.68. The van der Waals surface area contributed by atoms with Crippen LogP contribution in [0.4, 0.5) is 13.6 Å². The van der Waals surface area contributed by atoms with Crippen molar-refractivity contribution in [3.05, 3.63) is 23.3 Å². The Bertz CT molecular complexity index is 663. The third-order valence-electron chi connectivity index (χ3n) is 4.00. The van der Waals surface area contributed by atoms with Crippen LogP contribution >= 0.6 is 0 Å². The SMILES string of the molecule is CCO.Cc1ncc(C(C)O)c(C2CCN(C(=O)OC(C)(C)C)CC2(F)F)n1. The molecule has 1 aliphatic heterocycles. The number of aliphatic hydroxyl groups excluding tert-OH is 2. The van der Waals surface area contributed by atoms with Gasteiger partial charge < -0.3 is 19.8 Å². The molecule has 0 saturated carbocycles. The molecule has 0 spiro atoms. The van der Waals surface area contributed by atoms with E-state index < -0.39 is 36.2 Å². The van der Waals surface area contributed by atoms with Crippen molar-refractivity contribution in [2.75, 3.05) is 19.7 Å². The lowest BCUT2D eigenvalue weighted by Gasteiger charge is -2.39. The topological polar surface area (TPSA) is 95.8 Å². The number of hydrogen-bond acceptors (Lipinski definition) is 6. The number of hydrogen-bond donors (Lipinski definition) is 2. The number of aryl methyl sites for hydroxylation is 1. The number of aliphatic hydroxyl groups is 2. The number of piperidine rings is 1. The van der Waals surface area contributed by atoms with E-state index in [0.717, 1.165) is 4.90 Å². The van der Waals surface area contributed by atoms with Gasteiger partial charge in [-0.25, -0.2) is 23.5 Å². The maximum absolute atomic E-state index is 14.8. The van der Waals surface area contributed by atoms with Gasteiger partial charge >= 0.3 is 6.09 Å². The second kappa shape index (κ2) is 9.56. The Kier molecular flexibility index (Phi) is 8.25. The summed E-state index contributed by atoms with van der Waals surface area (Å²) in [5.74, 6) is -4.00. The van der Waals surface area contributed by atoms with Gasteiger partial charge in [-0.15, -0.1) is 0 Å². The van der Waals surface area contributed by atoms with Crippen molar-refractivity contribution < 1.29 is 28.5 Å². The van der Waals surface area contributed by atoms with Gasteiger partial charge in [0.2, 0.25) is 0 Å². The van der Waals surface area contributed by atoms with Gasteiger partial charge in [0.15, 0.2) is 0 Å². The molecule has 2 unspecified atom stereocenters. The number of alkyl halides is 2. The fourth-order valence-corrected chi connectivity index (χ4v) is 2.86. The number of rotatable bonds is 2. The molecule has 160 valence electrons. The number of amides is 1. The molecular weight excluding hydrogens is 372 g/mol. The van der Waals surface area contributed by atoms with Crippen LogP contribution in [0, 0.1) is 6.92 Å². The van der Waals surface area contributed by atoms with Crippen LogP contribution in [0.1, 0.15) is 70.1 Å². The Morgan fingerprint density at radius 1 is 1.46 bits per heavy atom. The fraction of sp³-hybridized carbons (Fsp3) is 0.737. The summed E-state index contributed by atoms with van der Waals surface area (Å²) >= 11 is 0. The van der Waals surface area contributed by atoms with E-state index in [-0.39, 0.29) is 25.3 Å². The Labute approximate surface area is 164 Å². The maximum Gasteiger partial charge on any atom is 0.410 e. The van der Waals surface area contributed by atoms with Crippen molar-refractivity contribution in [2.45, 2.75) is 71.5 Å². The minimum Gasteiger partial charge on any atom is -0.444 e. The zero-order valence-electron chi connectivity index (χ0n) is 17.4. The molecule has 2 N–H and O–H groups in total. The lowest BCUT2D eigenvalue weighted by molar-refractivity contribution is -0.0863. The van der Waals surface area contributed by atoms with E-state index >= 15 is 0 Å². The number of nitrogens with zero attached hydrogens (tertiary/aromatic N) is 3. The fourth-order valence-electron chi connectivity index (χ4n) is 2.86. The van der Waals surface area contributed by atoms with Crippen molar-refractivity contribution >= 4 is 6.09 Å². The Hall–Kier alpha value is -1.87. The second-order valence-corrected chi connectivity index (χ2v) is 7.75. The summed E-state index contributed by atoms with van der Waals surface area (Å²) in [5, 5.41) is 17.4. The predicted octanol–water partition coefficient (Wildman–Crippen LogP) is 3.20. The molecule has 2 rings (SSSR count). The quantitative estimate of drug-likeness (QED) is 0.787. The molecular formula is C19H31F2N3O4. The minimum atomic E-state index is -3.18. The summed E-state index contributed by atoms with van der Waals surface area (Å²) < 4.78 is 34.7. The first kappa shape index (κ1) is 24.2. The van der Waals surface area contributed by atoms with E-state index in [2.05, 4.69) is 9.97 Å². The smallest absolute Gasteiger partial charge is 0.410 e. The average molecular weight is 403 g/mol. The third-order valence-corrected chi connectivity index (χ3v) is 4.00. The van der Waals surface area contributed by atoms with Crippen LogP contribution in [0.25, 0.3) is 0 Å². The molecule has 2 atom stereocenters. The second-order valence-electron chi connectivity index (χ2n) is 7.75. The molecule has 1 fully saturated rings. The highest BCUT2D eigenvalue weighted by Gasteiger charge is 2.49. The largest absolute Gasteiger partial charge is 0.444 e. The predicted molar refractivity (Wildman–Crippen MR) is 100 cm³/mol. The van der Waals surface area contributed by atoms with Crippen LogP contribution in [0.3, 0.4) is 0 Å². The molecule has 28 heavy (non-hydrogen) atoms. The molecule has 0 aromatic carbocycles. The summed E-state index contributed by atoms with van der Waals surface area (Å²) in [6, 6.07) is 0. The van der Waals surface area contributed by atoms with Crippen molar-refractivity contribution in [3.63, 3.8) is 0 Å². The molecule has 1 aromatic rings. The van der Waals surface area contributed by atoms with Crippen LogP contribution in [-0.2, 0) is 4.74 Å². The van der Waals surface area contributed by atoms with Crippen LogP contribution in [-0.4, -0.2) is 62.4 Å². The molecule has 1 amide bonds. The van der Waals surface area contributed by atoms with Gasteiger partial charge in [-0.1, -0.05) is 0 Å². The maximum atomic E-state index is 14.8. The van der Waals surface area contributed by atoms with Gasteiger partial charge in [0.25, 0.3) is 5.92 Å². The molecule has 0 bridgehead atoms. The Morgan fingerprint density at radius 3 is 2.50 bits per heavy atom. The summed E-state index contributed by atoms with van der Waals surface area (Å²) in [6.07, 6.45) is -0.281. The minimum absolute atomic E-state index is 0.0302. The molecule has 7 nitrogen and oxygen atoms in total. The molecule has 2 heterocycles. The van der Waals surface area contributed by atoms with Crippen LogP contribution in [0.15, 0.2) is 6.20 Å². The molecule has 1 aromatic heterocycles. The van der Waals surface area contributed by atoms with E-state index in [9.17, 15) is 18.7 Å². The zero-order chi connectivity index (χ0) is 21.7. The number of halogens is 2. The van der Waals surface area contributed by atoms with Crippen LogP contribution < -0.4 is 0 Å². The first-order chi connectivity index (χ1) is 12.8. The van der Waals surface area contributed by atoms with Gasteiger partial charge in [0, 0.05) is 24.9 Å². The number of aromatic nitrogens is 2. The van der Waals surface area contributed by atoms with Gasteiger partial charge in [-0.05, 0) is 48.0 Å². The number of carbonyl (C=O) groups excluding carboxylic acids is 1. The Morgan fingerprint density at radius 2 is 2.04 bits per heavy atom. The number of ether oxygens (including phenoxy) is 1. The van der Waals surface area contributed by atoms with E-state index in [1.165, 1.54) is 13.1 Å². The normalized spacial score (nSPS) is 20.1. The van der Waals surface area contributed by atoms with Gasteiger partial charge in [0.05, 0.1) is 24.3 Å². The zero-order valence-corrected chi connectivity index (χ0v) is 17.4. The highest BCUT2D eigenvalue weighted by Crippen LogP contribution is 2.42. The molecule has 0 aliphatic carbocycles. The molecule has 1 aliphatic rings. The number of likely N-dealkylation sites (tertiary alicyclic amines) is 1. The summed E-state index contributed by atoms with van der Waals surface area (Å²) in [7, 11) is 0. The van der Waals surface area contributed by atoms with E-state index in [4.69, 9.17) is 9.84 Å². The molecule has 1 saturated heterocycles. The summed E-state index contributed by atoms with van der Waals surface area (Å²) in [5.41, 5.74) is -0.302. The highest BCUT2D eigenvalue weighted by atomic mass is 19.3. The van der Waals surface area contributed by atoms with Crippen LogP contribution in [0.2, 0.25) is 0 Å². The van der Waals surface area contributed by atoms with Crippen LogP contribution in [0.5, 0.6) is 0 Å². The summed E-state index contributed by atoms with van der Waals surface area (Å²) in [4.78, 5) is 21.2.